The number of anilines is 2. The van der Waals surface area contributed by atoms with Crippen LogP contribution in [-0.2, 0) is 4.74 Å². The summed E-state index contributed by atoms with van der Waals surface area (Å²) in [5.74, 6) is 0. The Balaban J connectivity index is 1.59. The van der Waals surface area contributed by atoms with Crippen LogP contribution in [0.3, 0.4) is 0 Å². The Morgan fingerprint density at radius 2 is 2.06 bits per heavy atom. The van der Waals surface area contributed by atoms with Crippen molar-refractivity contribution in [2.45, 2.75) is 0 Å². The first kappa shape index (κ1) is 12.3. The maximum Gasteiger partial charge on any atom is 0.0878 e. The zero-order chi connectivity index (χ0) is 12.4. The lowest BCUT2D eigenvalue weighted by molar-refractivity contribution is 0.0392. The predicted octanol–water partition coefficient (Wildman–Crippen LogP) is 1.97. The lowest BCUT2D eigenvalue weighted by Gasteiger charge is -2.29. The molecule has 5 heteroatoms. The highest BCUT2D eigenvalue weighted by Gasteiger charge is 2.19. The smallest absolute Gasteiger partial charge is 0.0878 e. The van der Waals surface area contributed by atoms with Crippen LogP contribution in [-0.4, -0.2) is 51.0 Å². The van der Waals surface area contributed by atoms with Gasteiger partial charge in [-0.1, -0.05) is 15.9 Å². The van der Waals surface area contributed by atoms with Crippen molar-refractivity contribution in [2.24, 2.45) is 0 Å². The Labute approximate surface area is 116 Å². The van der Waals surface area contributed by atoms with E-state index in [4.69, 9.17) is 4.74 Å². The van der Waals surface area contributed by atoms with Crippen molar-refractivity contribution < 1.29 is 4.74 Å². The van der Waals surface area contributed by atoms with Gasteiger partial charge in [-0.05, 0) is 18.2 Å². The summed E-state index contributed by atoms with van der Waals surface area (Å²) in [5, 5.41) is 3.43. The van der Waals surface area contributed by atoms with Crippen molar-refractivity contribution >= 4 is 27.3 Å². The van der Waals surface area contributed by atoms with Gasteiger partial charge in [0.1, 0.15) is 0 Å². The van der Waals surface area contributed by atoms with Crippen LogP contribution >= 0.6 is 15.9 Å². The Kier molecular flexibility index (Phi) is 3.72. The van der Waals surface area contributed by atoms with Crippen LogP contribution in [0.5, 0.6) is 0 Å². The predicted molar refractivity (Wildman–Crippen MR) is 77.2 cm³/mol. The molecule has 0 amide bonds. The van der Waals surface area contributed by atoms with E-state index < -0.39 is 0 Å². The van der Waals surface area contributed by atoms with Gasteiger partial charge in [0.25, 0.3) is 0 Å². The molecule has 0 radical (unpaired) electrons. The molecule has 0 spiro atoms. The fourth-order valence-electron chi connectivity index (χ4n) is 2.48. The van der Waals surface area contributed by atoms with E-state index in [-0.39, 0.29) is 0 Å². The van der Waals surface area contributed by atoms with Gasteiger partial charge in [0.05, 0.1) is 31.3 Å². The van der Waals surface area contributed by atoms with Crippen LogP contribution in [0.1, 0.15) is 0 Å². The third kappa shape index (κ3) is 2.63. The van der Waals surface area contributed by atoms with E-state index in [1.54, 1.807) is 0 Å². The van der Waals surface area contributed by atoms with E-state index in [9.17, 15) is 0 Å². The van der Waals surface area contributed by atoms with E-state index in [1.807, 2.05) is 0 Å². The summed E-state index contributed by atoms with van der Waals surface area (Å²) in [6.45, 7) is 6.98. The van der Waals surface area contributed by atoms with Gasteiger partial charge in [0.2, 0.25) is 0 Å². The molecule has 1 N–H and O–H groups in total. The lowest BCUT2D eigenvalue weighted by atomic mass is 10.2. The van der Waals surface area contributed by atoms with Crippen LogP contribution in [0, 0.1) is 0 Å². The number of ether oxygens (including phenoxy) is 1. The average molecular weight is 312 g/mol. The molecule has 2 heterocycles. The Bertz CT molecular complexity index is 421. The zero-order valence-corrected chi connectivity index (χ0v) is 11.9. The van der Waals surface area contributed by atoms with Crippen LogP contribution in [0.15, 0.2) is 22.7 Å². The molecule has 18 heavy (non-hydrogen) atoms. The third-order valence-electron chi connectivity index (χ3n) is 3.55. The molecular formula is C13H18BrN3O. The molecule has 0 bridgehead atoms. The Morgan fingerprint density at radius 3 is 2.89 bits per heavy atom. The quantitative estimate of drug-likeness (QED) is 0.923. The monoisotopic (exact) mass is 311 g/mol. The van der Waals surface area contributed by atoms with Gasteiger partial charge in [-0.2, -0.15) is 0 Å². The summed E-state index contributed by atoms with van der Waals surface area (Å²) in [6.07, 6.45) is 0. The van der Waals surface area contributed by atoms with Crippen LogP contribution in [0.2, 0.25) is 0 Å². The van der Waals surface area contributed by atoms with E-state index in [2.05, 4.69) is 49.2 Å². The average Bonchev–Trinajstić information content (AvgIpc) is 2.80. The van der Waals surface area contributed by atoms with E-state index in [1.165, 1.54) is 11.4 Å². The lowest BCUT2D eigenvalue weighted by Crippen LogP contribution is -2.41. The minimum absolute atomic E-state index is 0.877. The molecule has 0 unspecified atom stereocenters. The number of rotatable bonds is 3. The first-order valence-electron chi connectivity index (χ1n) is 6.41. The molecule has 0 aromatic heterocycles. The van der Waals surface area contributed by atoms with Crippen molar-refractivity contribution in [3.63, 3.8) is 0 Å². The highest BCUT2D eigenvalue weighted by Crippen LogP contribution is 2.33. The molecule has 0 atom stereocenters. The van der Waals surface area contributed by atoms with Gasteiger partial charge in [0.15, 0.2) is 0 Å². The largest absolute Gasteiger partial charge is 0.379 e. The van der Waals surface area contributed by atoms with Crippen molar-refractivity contribution in [2.75, 3.05) is 56.3 Å². The number of morpholine rings is 1. The van der Waals surface area contributed by atoms with E-state index in [0.29, 0.717) is 0 Å². The van der Waals surface area contributed by atoms with Crippen molar-refractivity contribution in [3.8, 4) is 0 Å². The van der Waals surface area contributed by atoms with Crippen LogP contribution in [0.25, 0.3) is 0 Å². The normalized spacial score (nSPS) is 19.7. The second-order valence-corrected chi connectivity index (χ2v) is 5.63. The minimum Gasteiger partial charge on any atom is -0.379 e. The molecule has 2 aliphatic rings. The van der Waals surface area contributed by atoms with Gasteiger partial charge >= 0.3 is 0 Å². The maximum atomic E-state index is 5.37. The molecule has 4 nitrogen and oxygen atoms in total. The standard InChI is InChI=1S/C13H18BrN3O/c14-11-1-2-13-12(9-11)15-10-17(13)4-3-16-5-7-18-8-6-16/h1-2,9,15H,3-8,10H2. The number of nitrogens with one attached hydrogen (secondary N) is 1. The number of hydrogen-bond donors (Lipinski definition) is 1. The molecule has 1 aromatic rings. The number of hydrogen-bond acceptors (Lipinski definition) is 4. The Morgan fingerprint density at radius 1 is 1.22 bits per heavy atom. The summed E-state index contributed by atoms with van der Waals surface area (Å²) in [5.41, 5.74) is 2.54. The third-order valence-corrected chi connectivity index (χ3v) is 4.04. The molecule has 3 rings (SSSR count). The van der Waals surface area contributed by atoms with Gasteiger partial charge < -0.3 is 15.0 Å². The second-order valence-electron chi connectivity index (χ2n) is 4.71. The molecule has 1 aromatic carbocycles. The fourth-order valence-corrected chi connectivity index (χ4v) is 2.84. The summed E-state index contributed by atoms with van der Waals surface area (Å²) in [6, 6.07) is 6.43. The van der Waals surface area contributed by atoms with E-state index >= 15 is 0 Å². The van der Waals surface area contributed by atoms with Crippen molar-refractivity contribution in [1.82, 2.24) is 4.90 Å². The van der Waals surface area contributed by atoms with Crippen LogP contribution in [0.4, 0.5) is 11.4 Å². The number of fused-ring (bicyclic) bond motifs is 1. The first-order valence-corrected chi connectivity index (χ1v) is 7.21. The fraction of sp³-hybridized carbons (Fsp3) is 0.538. The van der Waals surface area contributed by atoms with E-state index in [0.717, 1.165) is 50.5 Å². The number of nitrogens with zero attached hydrogens (tertiary/aromatic N) is 2. The zero-order valence-electron chi connectivity index (χ0n) is 10.4. The molecule has 1 saturated heterocycles. The summed E-state index contributed by atoms with van der Waals surface area (Å²) in [7, 11) is 0. The van der Waals surface area contributed by atoms with Crippen molar-refractivity contribution in [3.05, 3.63) is 22.7 Å². The molecular weight excluding hydrogens is 294 g/mol. The number of halogens is 1. The highest BCUT2D eigenvalue weighted by molar-refractivity contribution is 9.10. The van der Waals surface area contributed by atoms with Gasteiger partial charge in [0, 0.05) is 30.7 Å². The minimum atomic E-state index is 0.877. The first-order chi connectivity index (χ1) is 8.83. The van der Waals surface area contributed by atoms with Crippen LogP contribution < -0.4 is 10.2 Å². The molecule has 0 saturated carbocycles. The van der Waals surface area contributed by atoms with Gasteiger partial charge in [-0.25, -0.2) is 0 Å². The van der Waals surface area contributed by atoms with Gasteiger partial charge in [-0.15, -0.1) is 0 Å². The maximum absolute atomic E-state index is 5.37. The molecule has 2 aliphatic heterocycles. The molecule has 1 fully saturated rings. The summed E-state index contributed by atoms with van der Waals surface area (Å²) in [4.78, 5) is 4.87. The van der Waals surface area contributed by atoms with Gasteiger partial charge in [-0.3, -0.25) is 4.90 Å². The topological polar surface area (TPSA) is 27.7 Å². The summed E-state index contributed by atoms with van der Waals surface area (Å²) < 4.78 is 6.50. The summed E-state index contributed by atoms with van der Waals surface area (Å²) >= 11 is 3.51. The van der Waals surface area contributed by atoms with Crippen molar-refractivity contribution in [1.29, 1.82) is 0 Å². The number of benzene rings is 1. The SMILES string of the molecule is Brc1ccc2c(c1)NCN2CCN1CCOCC1. The Hall–Kier alpha value is -0.780. The highest BCUT2D eigenvalue weighted by atomic mass is 79.9. The molecule has 98 valence electrons. The molecule has 0 aliphatic carbocycles. The second kappa shape index (κ2) is 5.47.